The van der Waals surface area contributed by atoms with E-state index in [1.54, 1.807) is 18.9 Å². The number of aryl methyl sites for hydroxylation is 1. The third-order valence-electron chi connectivity index (χ3n) is 4.89. The normalized spacial score (nSPS) is 14.7. The highest BCUT2D eigenvalue weighted by Gasteiger charge is 2.19. The number of hydrogen-bond donors (Lipinski definition) is 1. The van der Waals surface area contributed by atoms with Crippen molar-refractivity contribution in [1.82, 2.24) is 10.2 Å². The number of amides is 1. The summed E-state index contributed by atoms with van der Waals surface area (Å²) in [6.07, 6.45) is 0. The molecule has 0 bridgehead atoms. The Balaban J connectivity index is 1.32. The maximum absolute atomic E-state index is 12.2. The number of carbonyl (C=O) groups is 1. The maximum Gasteiger partial charge on any atom is 0.234 e. The third-order valence-corrected chi connectivity index (χ3v) is 5.90. The van der Waals surface area contributed by atoms with Gasteiger partial charge < -0.3 is 15.0 Å². The Labute approximate surface area is 172 Å². The third kappa shape index (κ3) is 6.17. The first-order chi connectivity index (χ1) is 13.6. The van der Waals surface area contributed by atoms with E-state index in [1.165, 1.54) is 16.1 Å². The van der Waals surface area contributed by atoms with Crippen LogP contribution in [-0.4, -0.2) is 62.9 Å². The fraction of sp³-hybridized carbons (Fsp3) is 0.409. The van der Waals surface area contributed by atoms with E-state index >= 15 is 0 Å². The van der Waals surface area contributed by atoms with Crippen LogP contribution in [0.25, 0.3) is 0 Å². The molecule has 1 aliphatic rings. The number of hydrogen-bond acceptors (Lipinski definition) is 5. The van der Waals surface area contributed by atoms with Gasteiger partial charge in [0.25, 0.3) is 0 Å². The molecule has 1 amide bonds. The minimum absolute atomic E-state index is 0.113. The number of thioether (sulfide) groups is 1. The number of ether oxygens (including phenoxy) is 1. The lowest BCUT2D eigenvalue weighted by atomic mass is 10.2. The van der Waals surface area contributed by atoms with Crippen LogP contribution in [0.5, 0.6) is 5.75 Å². The molecule has 0 atom stereocenters. The van der Waals surface area contributed by atoms with E-state index in [4.69, 9.17) is 4.74 Å². The fourth-order valence-electron chi connectivity index (χ4n) is 3.21. The first kappa shape index (κ1) is 20.6. The van der Waals surface area contributed by atoms with Gasteiger partial charge in [0, 0.05) is 49.1 Å². The lowest BCUT2D eigenvalue weighted by Crippen LogP contribution is -2.49. The molecule has 28 heavy (non-hydrogen) atoms. The van der Waals surface area contributed by atoms with E-state index in [2.05, 4.69) is 58.4 Å². The summed E-state index contributed by atoms with van der Waals surface area (Å²) in [5, 5.41) is 3.04. The number of nitrogens with one attached hydrogen (secondary N) is 1. The highest BCUT2D eigenvalue weighted by atomic mass is 32.2. The molecule has 0 aromatic heterocycles. The predicted octanol–water partition coefficient (Wildman–Crippen LogP) is 3.03. The highest BCUT2D eigenvalue weighted by molar-refractivity contribution is 7.99. The van der Waals surface area contributed by atoms with Crippen molar-refractivity contribution in [2.45, 2.75) is 11.8 Å². The van der Waals surface area contributed by atoms with Gasteiger partial charge >= 0.3 is 0 Å². The van der Waals surface area contributed by atoms with E-state index in [0.29, 0.717) is 13.1 Å². The number of rotatable bonds is 8. The van der Waals surface area contributed by atoms with Gasteiger partial charge in [0.15, 0.2) is 0 Å². The van der Waals surface area contributed by atoms with Crippen molar-refractivity contribution in [1.29, 1.82) is 0 Å². The molecule has 0 saturated carbocycles. The summed E-state index contributed by atoms with van der Waals surface area (Å²) >= 11 is 1.77. The van der Waals surface area contributed by atoms with Crippen LogP contribution >= 0.6 is 11.8 Å². The molecule has 6 heteroatoms. The molecule has 5 nitrogen and oxygen atoms in total. The largest absolute Gasteiger partial charge is 0.497 e. The summed E-state index contributed by atoms with van der Waals surface area (Å²) in [6, 6.07) is 16.7. The number of nitrogens with zero attached hydrogens (tertiary/aromatic N) is 2. The lowest BCUT2D eigenvalue weighted by molar-refractivity contribution is -0.122. The van der Waals surface area contributed by atoms with Gasteiger partial charge in [-0.05, 0) is 43.3 Å². The smallest absolute Gasteiger partial charge is 0.234 e. The summed E-state index contributed by atoms with van der Waals surface area (Å²) < 4.78 is 5.21. The molecule has 0 unspecified atom stereocenters. The molecular weight excluding hydrogens is 370 g/mol. The van der Waals surface area contributed by atoms with Crippen molar-refractivity contribution in [3.63, 3.8) is 0 Å². The van der Waals surface area contributed by atoms with Gasteiger partial charge in [-0.1, -0.05) is 17.7 Å². The van der Waals surface area contributed by atoms with Gasteiger partial charge in [0.1, 0.15) is 5.75 Å². The van der Waals surface area contributed by atoms with Crippen LogP contribution in [-0.2, 0) is 4.79 Å². The molecule has 1 saturated heterocycles. The number of benzene rings is 2. The maximum atomic E-state index is 12.2. The van der Waals surface area contributed by atoms with Crippen LogP contribution in [0.3, 0.4) is 0 Å². The Morgan fingerprint density at radius 1 is 1.04 bits per heavy atom. The molecule has 3 rings (SSSR count). The second-order valence-corrected chi connectivity index (χ2v) is 8.14. The molecule has 150 valence electrons. The summed E-state index contributed by atoms with van der Waals surface area (Å²) in [5.41, 5.74) is 2.47. The van der Waals surface area contributed by atoms with Crippen molar-refractivity contribution in [3.05, 3.63) is 54.1 Å². The summed E-state index contributed by atoms with van der Waals surface area (Å²) in [4.78, 5) is 18.0. The number of piperazine rings is 1. The average molecular weight is 400 g/mol. The zero-order chi connectivity index (χ0) is 19.8. The van der Waals surface area contributed by atoms with Crippen LogP contribution in [0.15, 0.2) is 53.4 Å². The van der Waals surface area contributed by atoms with Crippen LogP contribution < -0.4 is 15.0 Å². The number of anilines is 1. The zero-order valence-electron chi connectivity index (χ0n) is 16.7. The molecule has 1 N–H and O–H groups in total. The highest BCUT2D eigenvalue weighted by Crippen LogP contribution is 2.20. The average Bonchev–Trinajstić information content (AvgIpc) is 2.73. The van der Waals surface area contributed by atoms with Crippen molar-refractivity contribution in [2.24, 2.45) is 0 Å². The standard InChI is InChI=1S/C22H29N3O2S/c1-18-3-9-21(10-4-18)28-16-11-23-22(26)17-24-12-14-25(15-13-24)19-5-7-20(27-2)8-6-19/h3-10H,11-17H2,1-2H3,(H,23,26). The molecular formula is C22H29N3O2S. The first-order valence-electron chi connectivity index (χ1n) is 9.71. The van der Waals surface area contributed by atoms with Crippen molar-refractivity contribution in [3.8, 4) is 5.75 Å². The molecule has 2 aromatic rings. The Bertz CT molecular complexity index is 741. The van der Waals surface area contributed by atoms with Crippen LogP contribution in [0.1, 0.15) is 5.56 Å². The molecule has 1 fully saturated rings. The predicted molar refractivity (Wildman–Crippen MR) is 117 cm³/mol. The first-order valence-corrected chi connectivity index (χ1v) is 10.7. The second-order valence-electron chi connectivity index (χ2n) is 6.97. The van der Waals surface area contributed by atoms with Gasteiger partial charge in [-0.2, -0.15) is 0 Å². The SMILES string of the molecule is COc1ccc(N2CCN(CC(=O)NCCSc3ccc(C)cc3)CC2)cc1. The Hall–Kier alpha value is -2.18. The van der Waals surface area contributed by atoms with Crippen LogP contribution in [0, 0.1) is 6.92 Å². The van der Waals surface area contributed by atoms with Crippen molar-refractivity contribution < 1.29 is 9.53 Å². The van der Waals surface area contributed by atoms with Gasteiger partial charge in [0.05, 0.1) is 13.7 Å². The van der Waals surface area contributed by atoms with E-state index in [0.717, 1.165) is 37.7 Å². The Morgan fingerprint density at radius 3 is 2.36 bits per heavy atom. The number of carbonyl (C=O) groups excluding carboxylic acids is 1. The second kappa shape index (κ2) is 10.4. The van der Waals surface area contributed by atoms with Crippen LogP contribution in [0.4, 0.5) is 5.69 Å². The topological polar surface area (TPSA) is 44.8 Å². The minimum Gasteiger partial charge on any atom is -0.497 e. The van der Waals surface area contributed by atoms with Crippen LogP contribution in [0.2, 0.25) is 0 Å². The van der Waals surface area contributed by atoms with E-state index < -0.39 is 0 Å². The van der Waals surface area contributed by atoms with Crippen molar-refractivity contribution >= 4 is 23.4 Å². The molecule has 1 heterocycles. The molecule has 0 spiro atoms. The Kier molecular flexibility index (Phi) is 7.62. The lowest BCUT2D eigenvalue weighted by Gasteiger charge is -2.35. The van der Waals surface area contributed by atoms with Crippen molar-refractivity contribution in [2.75, 3.05) is 57.0 Å². The molecule has 0 aliphatic carbocycles. The fourth-order valence-corrected chi connectivity index (χ4v) is 3.98. The van der Waals surface area contributed by atoms with Gasteiger partial charge in [-0.15, -0.1) is 11.8 Å². The summed E-state index contributed by atoms with van der Waals surface area (Å²) in [7, 11) is 1.68. The van der Waals surface area contributed by atoms with Gasteiger partial charge in [0.2, 0.25) is 5.91 Å². The van der Waals surface area contributed by atoms with E-state index in [9.17, 15) is 4.79 Å². The van der Waals surface area contributed by atoms with E-state index in [1.807, 2.05) is 12.1 Å². The van der Waals surface area contributed by atoms with E-state index in [-0.39, 0.29) is 5.91 Å². The summed E-state index contributed by atoms with van der Waals surface area (Å²) in [5.74, 6) is 1.88. The molecule has 2 aromatic carbocycles. The minimum atomic E-state index is 0.113. The molecule has 1 aliphatic heterocycles. The van der Waals surface area contributed by atoms with Gasteiger partial charge in [-0.25, -0.2) is 0 Å². The molecule has 0 radical (unpaired) electrons. The monoisotopic (exact) mass is 399 g/mol. The van der Waals surface area contributed by atoms with Gasteiger partial charge in [-0.3, -0.25) is 9.69 Å². The Morgan fingerprint density at radius 2 is 1.71 bits per heavy atom. The quantitative estimate of drug-likeness (QED) is 0.546. The zero-order valence-corrected chi connectivity index (χ0v) is 17.5. The number of methoxy groups -OCH3 is 1. The summed E-state index contributed by atoms with van der Waals surface area (Å²) in [6.45, 7) is 6.93.